The number of carbonyl (C=O) groups is 1. The Hall–Kier alpha value is -4.19. The van der Waals surface area contributed by atoms with E-state index in [2.05, 4.69) is 36.1 Å². The normalized spacial score (nSPS) is 16.1. The number of nitrogens with one attached hydrogen (secondary N) is 4. The van der Waals surface area contributed by atoms with Gasteiger partial charge < -0.3 is 10.3 Å². The molecule has 0 bridgehead atoms. The minimum Gasteiger partial charge on any atom is -0.356 e. The van der Waals surface area contributed by atoms with Gasteiger partial charge in [0.15, 0.2) is 6.19 Å². The van der Waals surface area contributed by atoms with Gasteiger partial charge in [-0.25, -0.2) is 15.4 Å². The molecule has 2 aromatic carbocycles. The predicted octanol–water partition coefficient (Wildman–Crippen LogP) is 2.57. The third kappa shape index (κ3) is 5.74. The molecule has 9 heteroatoms. The van der Waals surface area contributed by atoms with E-state index in [1.807, 2.05) is 61.6 Å². The highest BCUT2D eigenvalue weighted by Gasteiger charge is 2.22. The summed E-state index contributed by atoms with van der Waals surface area (Å²) in [7, 11) is 0. The third-order valence-corrected chi connectivity index (χ3v) is 5.41. The van der Waals surface area contributed by atoms with E-state index in [1.54, 1.807) is 0 Å². The van der Waals surface area contributed by atoms with Crippen LogP contribution in [0.5, 0.6) is 0 Å². The van der Waals surface area contributed by atoms with Crippen molar-refractivity contribution in [2.75, 3.05) is 6.54 Å². The summed E-state index contributed by atoms with van der Waals surface area (Å²) in [5, 5.41) is 19.0. The van der Waals surface area contributed by atoms with E-state index in [9.17, 15) is 4.79 Å². The van der Waals surface area contributed by atoms with Gasteiger partial charge in [0, 0.05) is 30.9 Å². The summed E-state index contributed by atoms with van der Waals surface area (Å²) in [6.45, 7) is 3.15. The molecule has 0 saturated heterocycles. The number of carbonyl (C=O) groups excluding carboxylic acids is 1. The number of fused-ring (bicyclic) bond motifs is 1. The van der Waals surface area contributed by atoms with Crippen molar-refractivity contribution in [2.24, 2.45) is 16.0 Å². The van der Waals surface area contributed by atoms with Crippen molar-refractivity contribution in [3.63, 3.8) is 0 Å². The van der Waals surface area contributed by atoms with Gasteiger partial charge in [-0.3, -0.25) is 10.1 Å². The number of hydrazone groups is 1. The molecule has 0 saturated carbocycles. The number of guanidine groups is 1. The first-order chi connectivity index (χ1) is 16.1. The molecule has 3 aromatic rings. The van der Waals surface area contributed by atoms with Crippen LogP contribution in [0, 0.1) is 17.4 Å². The van der Waals surface area contributed by atoms with E-state index in [4.69, 9.17) is 5.26 Å². The fraction of sp³-hybridized carbons (Fsp3) is 0.292. The van der Waals surface area contributed by atoms with Gasteiger partial charge in [0.1, 0.15) is 5.82 Å². The lowest BCUT2D eigenvalue weighted by Crippen LogP contribution is -2.35. The van der Waals surface area contributed by atoms with Gasteiger partial charge in [0.25, 0.3) is 0 Å². The highest BCUT2D eigenvalue weighted by atomic mass is 16.2. The molecule has 2 heterocycles. The third-order valence-electron chi connectivity index (χ3n) is 5.41. The average molecular weight is 443 g/mol. The summed E-state index contributed by atoms with van der Waals surface area (Å²) in [6, 6.07) is 15.9. The molecule has 0 fully saturated rings. The quantitative estimate of drug-likeness (QED) is 0.147. The minimum absolute atomic E-state index is 0.0528. The Kier molecular flexibility index (Phi) is 6.95. The lowest BCUT2D eigenvalue weighted by Gasteiger charge is -2.18. The summed E-state index contributed by atoms with van der Waals surface area (Å²) in [4.78, 5) is 24.0. The number of rotatable bonds is 7. The van der Waals surface area contributed by atoms with Crippen LogP contribution in [0.3, 0.4) is 0 Å². The standard InChI is InChI=1S/C24H26N8O/c1-16-12-22(33)31-32-23(16)18-9-10-19-20(13-18)30-21(29-19)8-5-11-26-24(28-15-25)27-14-17-6-3-2-4-7-17/h2-4,6-7,9-10,13,16H,5,8,11-12,14H2,1H3,(H,29,30)(H,31,33)(H2,26,27,28). The maximum absolute atomic E-state index is 11.5. The van der Waals surface area contributed by atoms with Gasteiger partial charge in [-0.2, -0.15) is 10.4 Å². The zero-order valence-electron chi connectivity index (χ0n) is 18.4. The van der Waals surface area contributed by atoms with E-state index in [0.29, 0.717) is 25.5 Å². The molecule has 33 heavy (non-hydrogen) atoms. The van der Waals surface area contributed by atoms with Crippen LogP contribution in [-0.4, -0.2) is 34.1 Å². The maximum Gasteiger partial charge on any atom is 0.240 e. The van der Waals surface area contributed by atoms with Gasteiger partial charge in [0.2, 0.25) is 11.9 Å². The Morgan fingerprint density at radius 3 is 2.91 bits per heavy atom. The Balaban J connectivity index is 1.33. The van der Waals surface area contributed by atoms with Crippen molar-refractivity contribution in [3.8, 4) is 6.19 Å². The fourth-order valence-corrected chi connectivity index (χ4v) is 3.75. The number of hydrogen-bond acceptors (Lipinski definition) is 5. The summed E-state index contributed by atoms with van der Waals surface area (Å²) in [6.07, 6.45) is 3.94. The summed E-state index contributed by atoms with van der Waals surface area (Å²) >= 11 is 0. The van der Waals surface area contributed by atoms with Crippen LogP contribution in [0.1, 0.15) is 36.7 Å². The Bertz CT molecular complexity index is 1220. The van der Waals surface area contributed by atoms with E-state index in [0.717, 1.165) is 46.5 Å². The van der Waals surface area contributed by atoms with Crippen LogP contribution >= 0.6 is 0 Å². The smallest absolute Gasteiger partial charge is 0.240 e. The fourth-order valence-electron chi connectivity index (χ4n) is 3.75. The molecule has 0 spiro atoms. The Labute approximate surface area is 192 Å². The predicted molar refractivity (Wildman–Crippen MR) is 127 cm³/mol. The second-order valence-corrected chi connectivity index (χ2v) is 7.97. The van der Waals surface area contributed by atoms with Crippen molar-refractivity contribution in [1.82, 2.24) is 26.0 Å². The molecule has 1 atom stereocenters. The molecule has 1 unspecified atom stereocenters. The van der Waals surface area contributed by atoms with Crippen LogP contribution in [-0.2, 0) is 17.8 Å². The number of H-pyrrole nitrogens is 1. The first kappa shape index (κ1) is 22.0. The monoisotopic (exact) mass is 442 g/mol. The Morgan fingerprint density at radius 1 is 1.27 bits per heavy atom. The topological polar surface area (TPSA) is 130 Å². The van der Waals surface area contributed by atoms with Crippen LogP contribution in [0.25, 0.3) is 11.0 Å². The van der Waals surface area contributed by atoms with Crippen LogP contribution < -0.4 is 16.1 Å². The number of hydrogen-bond donors (Lipinski definition) is 4. The zero-order chi connectivity index (χ0) is 23.0. The first-order valence-electron chi connectivity index (χ1n) is 10.9. The van der Waals surface area contributed by atoms with Crippen molar-refractivity contribution in [2.45, 2.75) is 32.7 Å². The second-order valence-electron chi connectivity index (χ2n) is 7.97. The highest BCUT2D eigenvalue weighted by molar-refractivity contribution is 6.07. The molecule has 1 aromatic heterocycles. The molecule has 1 aliphatic rings. The highest BCUT2D eigenvalue weighted by Crippen LogP contribution is 2.20. The van der Waals surface area contributed by atoms with Crippen molar-refractivity contribution in [3.05, 3.63) is 65.5 Å². The molecule has 4 rings (SSSR count). The summed E-state index contributed by atoms with van der Waals surface area (Å²) in [5.74, 6) is 1.38. The zero-order valence-corrected chi connectivity index (χ0v) is 18.4. The van der Waals surface area contributed by atoms with Crippen LogP contribution in [0.2, 0.25) is 0 Å². The SMILES string of the molecule is CC1CC(=O)NN=C1c1ccc2nc(CCCNC(=NCc3ccccc3)NC#N)[nH]c2c1. The lowest BCUT2D eigenvalue weighted by molar-refractivity contribution is -0.121. The van der Waals surface area contributed by atoms with Crippen molar-refractivity contribution >= 4 is 28.6 Å². The van der Waals surface area contributed by atoms with Gasteiger partial charge in [-0.15, -0.1) is 0 Å². The van der Waals surface area contributed by atoms with Crippen molar-refractivity contribution < 1.29 is 4.79 Å². The van der Waals surface area contributed by atoms with Crippen molar-refractivity contribution in [1.29, 1.82) is 5.26 Å². The molecule has 0 radical (unpaired) electrons. The molecule has 4 N–H and O–H groups in total. The van der Waals surface area contributed by atoms with E-state index >= 15 is 0 Å². The first-order valence-corrected chi connectivity index (χ1v) is 10.9. The number of benzene rings is 2. The molecule has 1 aliphatic heterocycles. The molecule has 1 amide bonds. The van der Waals surface area contributed by atoms with Crippen LogP contribution in [0.15, 0.2) is 58.6 Å². The van der Waals surface area contributed by atoms with Gasteiger partial charge in [-0.1, -0.05) is 43.3 Å². The number of aromatic amines is 1. The van der Waals surface area contributed by atoms with E-state index in [-0.39, 0.29) is 11.8 Å². The number of nitriles is 1. The van der Waals surface area contributed by atoms with Gasteiger partial charge in [0.05, 0.1) is 23.3 Å². The minimum atomic E-state index is -0.0528. The summed E-state index contributed by atoms with van der Waals surface area (Å²) in [5.41, 5.74) is 7.34. The van der Waals surface area contributed by atoms with Gasteiger partial charge in [-0.05, 0) is 24.1 Å². The average Bonchev–Trinajstić information content (AvgIpc) is 3.23. The molecular weight excluding hydrogens is 416 g/mol. The van der Waals surface area contributed by atoms with Crippen LogP contribution in [0.4, 0.5) is 0 Å². The van der Waals surface area contributed by atoms with E-state index in [1.165, 1.54) is 0 Å². The number of aromatic nitrogens is 2. The second kappa shape index (κ2) is 10.4. The number of aryl methyl sites for hydroxylation is 1. The Morgan fingerprint density at radius 2 is 2.12 bits per heavy atom. The van der Waals surface area contributed by atoms with Gasteiger partial charge >= 0.3 is 0 Å². The lowest BCUT2D eigenvalue weighted by atomic mass is 9.94. The number of aliphatic imine (C=N–C) groups is 1. The largest absolute Gasteiger partial charge is 0.356 e. The molecular formula is C24H26N8O. The molecule has 168 valence electrons. The number of nitrogens with zero attached hydrogens (tertiary/aromatic N) is 4. The molecule has 9 nitrogen and oxygen atoms in total. The number of imidazole rings is 1. The van der Waals surface area contributed by atoms with E-state index < -0.39 is 0 Å². The molecule has 0 aliphatic carbocycles. The number of amides is 1. The summed E-state index contributed by atoms with van der Waals surface area (Å²) < 4.78 is 0. The maximum atomic E-state index is 11.5.